The zero-order valence-corrected chi connectivity index (χ0v) is 8.82. The molecule has 0 bridgehead atoms. The third-order valence-electron chi connectivity index (χ3n) is 1.99. The molecule has 0 aliphatic rings. The molecule has 15 heavy (non-hydrogen) atoms. The molecule has 0 saturated carbocycles. The lowest BCUT2D eigenvalue weighted by Gasteiger charge is -2.07. The number of nitrogens with two attached hydrogens (primary N) is 1. The average Bonchev–Trinajstić information content (AvgIpc) is 2.22. The maximum Gasteiger partial charge on any atom is 0.224 e. The quantitative estimate of drug-likeness (QED) is 0.571. The van der Waals surface area contributed by atoms with Crippen LogP contribution in [0.5, 0.6) is 0 Å². The van der Waals surface area contributed by atoms with Crippen molar-refractivity contribution in [3.05, 3.63) is 24.3 Å². The van der Waals surface area contributed by atoms with E-state index < -0.39 is 0 Å². The third kappa shape index (κ3) is 3.99. The topological polar surface area (TPSA) is 64.3 Å². The highest BCUT2D eigenvalue weighted by Crippen LogP contribution is 2.16. The van der Waals surface area contributed by atoms with Crippen molar-refractivity contribution in [2.45, 2.75) is 12.8 Å². The fraction of sp³-hybridized carbons (Fsp3) is 0.364. The molecule has 0 aromatic heterocycles. The minimum atomic E-state index is -0.0371. The zero-order valence-electron chi connectivity index (χ0n) is 8.82. The second-order valence-electron chi connectivity index (χ2n) is 3.23. The summed E-state index contributed by atoms with van der Waals surface area (Å²) in [6.07, 6.45) is 1.16. The van der Waals surface area contributed by atoms with Gasteiger partial charge < -0.3 is 15.8 Å². The first-order chi connectivity index (χ1) is 7.24. The number of amides is 1. The van der Waals surface area contributed by atoms with Gasteiger partial charge >= 0.3 is 0 Å². The van der Waals surface area contributed by atoms with Gasteiger partial charge in [0, 0.05) is 20.1 Å². The number of nitrogen functional groups attached to an aromatic ring is 1. The summed E-state index contributed by atoms with van der Waals surface area (Å²) in [5.41, 5.74) is 6.93. The van der Waals surface area contributed by atoms with Crippen LogP contribution in [0.1, 0.15) is 12.8 Å². The number of rotatable bonds is 5. The Hall–Kier alpha value is -1.55. The number of para-hydroxylation sites is 2. The van der Waals surface area contributed by atoms with Crippen LogP contribution in [0.4, 0.5) is 11.4 Å². The first-order valence-corrected chi connectivity index (χ1v) is 4.87. The van der Waals surface area contributed by atoms with Crippen LogP contribution in [-0.2, 0) is 9.53 Å². The summed E-state index contributed by atoms with van der Waals surface area (Å²) >= 11 is 0. The van der Waals surface area contributed by atoms with Gasteiger partial charge in [0.1, 0.15) is 0 Å². The lowest BCUT2D eigenvalue weighted by molar-refractivity contribution is -0.116. The van der Waals surface area contributed by atoms with Gasteiger partial charge in [-0.25, -0.2) is 0 Å². The number of carbonyl (C=O) groups is 1. The fourth-order valence-corrected chi connectivity index (χ4v) is 1.20. The predicted octanol–water partition coefficient (Wildman–Crippen LogP) is 1.63. The van der Waals surface area contributed by atoms with Crippen molar-refractivity contribution >= 4 is 17.3 Å². The smallest absolute Gasteiger partial charge is 0.224 e. The van der Waals surface area contributed by atoms with E-state index in [1.165, 1.54) is 0 Å². The molecule has 0 atom stereocenters. The van der Waals surface area contributed by atoms with Crippen LogP contribution in [0.3, 0.4) is 0 Å². The van der Waals surface area contributed by atoms with E-state index >= 15 is 0 Å². The van der Waals surface area contributed by atoms with Crippen molar-refractivity contribution in [3.63, 3.8) is 0 Å². The monoisotopic (exact) mass is 208 g/mol. The molecular weight excluding hydrogens is 192 g/mol. The van der Waals surface area contributed by atoms with Crippen LogP contribution in [0.2, 0.25) is 0 Å². The molecule has 0 fully saturated rings. The highest BCUT2D eigenvalue weighted by atomic mass is 16.5. The molecule has 0 aliphatic carbocycles. The molecule has 0 saturated heterocycles. The van der Waals surface area contributed by atoms with E-state index in [4.69, 9.17) is 10.5 Å². The molecule has 3 N–H and O–H groups in total. The standard InChI is InChI=1S/C11H16N2O2/c1-15-8-4-7-11(14)13-10-6-3-2-5-9(10)12/h2-3,5-6H,4,7-8,12H2,1H3,(H,13,14). The molecule has 1 rings (SSSR count). The molecule has 1 amide bonds. The van der Waals surface area contributed by atoms with E-state index in [9.17, 15) is 4.79 Å². The van der Waals surface area contributed by atoms with Gasteiger partial charge in [0.2, 0.25) is 5.91 Å². The minimum Gasteiger partial charge on any atom is -0.397 e. The van der Waals surface area contributed by atoms with Crippen LogP contribution < -0.4 is 11.1 Å². The summed E-state index contributed by atoms with van der Waals surface area (Å²) in [4.78, 5) is 11.4. The van der Waals surface area contributed by atoms with Crippen molar-refractivity contribution in [1.29, 1.82) is 0 Å². The number of hydrogen-bond acceptors (Lipinski definition) is 3. The molecule has 0 unspecified atom stereocenters. The molecule has 0 radical (unpaired) electrons. The van der Waals surface area contributed by atoms with Crippen LogP contribution in [0.25, 0.3) is 0 Å². The number of carbonyl (C=O) groups excluding carboxylic acids is 1. The molecule has 1 aromatic rings. The lowest BCUT2D eigenvalue weighted by atomic mass is 10.2. The fourth-order valence-electron chi connectivity index (χ4n) is 1.20. The Kier molecular flexibility index (Phi) is 4.63. The molecule has 0 heterocycles. The van der Waals surface area contributed by atoms with Gasteiger partial charge in [-0.3, -0.25) is 4.79 Å². The number of ether oxygens (including phenoxy) is 1. The Labute approximate surface area is 89.4 Å². The number of anilines is 2. The van der Waals surface area contributed by atoms with Gasteiger partial charge in [-0.05, 0) is 18.6 Å². The molecule has 0 spiro atoms. The van der Waals surface area contributed by atoms with Gasteiger partial charge in [0.15, 0.2) is 0 Å². The van der Waals surface area contributed by atoms with Crippen molar-refractivity contribution in [2.75, 3.05) is 24.8 Å². The van der Waals surface area contributed by atoms with E-state index in [2.05, 4.69) is 5.32 Å². The molecule has 4 heteroatoms. The number of benzene rings is 1. The first-order valence-electron chi connectivity index (χ1n) is 4.87. The van der Waals surface area contributed by atoms with Gasteiger partial charge in [0.25, 0.3) is 0 Å². The lowest BCUT2D eigenvalue weighted by Crippen LogP contribution is -2.13. The van der Waals surface area contributed by atoms with E-state index in [-0.39, 0.29) is 5.91 Å². The van der Waals surface area contributed by atoms with Crippen LogP contribution >= 0.6 is 0 Å². The molecular formula is C11H16N2O2. The van der Waals surface area contributed by atoms with E-state index in [1.807, 2.05) is 12.1 Å². The maximum atomic E-state index is 11.4. The van der Waals surface area contributed by atoms with Gasteiger partial charge in [-0.15, -0.1) is 0 Å². The largest absolute Gasteiger partial charge is 0.397 e. The normalized spacial score (nSPS) is 9.93. The number of hydrogen-bond donors (Lipinski definition) is 2. The highest BCUT2D eigenvalue weighted by molar-refractivity contribution is 5.93. The van der Waals surface area contributed by atoms with Crippen molar-refractivity contribution in [2.24, 2.45) is 0 Å². The second kappa shape index (κ2) is 6.03. The Morgan fingerprint density at radius 1 is 1.47 bits per heavy atom. The summed E-state index contributed by atoms with van der Waals surface area (Å²) in [6, 6.07) is 7.20. The van der Waals surface area contributed by atoms with E-state index in [0.29, 0.717) is 24.4 Å². The van der Waals surface area contributed by atoms with E-state index in [1.54, 1.807) is 19.2 Å². The van der Waals surface area contributed by atoms with Gasteiger partial charge in [0.05, 0.1) is 11.4 Å². The number of methoxy groups -OCH3 is 1. The SMILES string of the molecule is COCCCC(=O)Nc1ccccc1N. The van der Waals surface area contributed by atoms with Crippen LogP contribution in [-0.4, -0.2) is 19.6 Å². The summed E-state index contributed by atoms with van der Waals surface area (Å²) in [7, 11) is 1.62. The van der Waals surface area contributed by atoms with Crippen molar-refractivity contribution in [1.82, 2.24) is 0 Å². The summed E-state index contributed by atoms with van der Waals surface area (Å²) in [5.74, 6) is -0.0371. The molecule has 1 aromatic carbocycles. The third-order valence-corrected chi connectivity index (χ3v) is 1.99. The molecule has 0 aliphatic heterocycles. The molecule has 82 valence electrons. The molecule has 4 nitrogen and oxygen atoms in total. The summed E-state index contributed by atoms with van der Waals surface area (Å²) in [5, 5.41) is 2.75. The van der Waals surface area contributed by atoms with Gasteiger partial charge in [-0.2, -0.15) is 0 Å². The van der Waals surface area contributed by atoms with Crippen molar-refractivity contribution in [3.8, 4) is 0 Å². The highest BCUT2D eigenvalue weighted by Gasteiger charge is 2.03. The Morgan fingerprint density at radius 2 is 2.20 bits per heavy atom. The maximum absolute atomic E-state index is 11.4. The van der Waals surface area contributed by atoms with Crippen LogP contribution in [0, 0.1) is 0 Å². The number of nitrogens with one attached hydrogen (secondary N) is 1. The van der Waals surface area contributed by atoms with Gasteiger partial charge in [-0.1, -0.05) is 12.1 Å². The predicted molar refractivity (Wildman–Crippen MR) is 60.6 cm³/mol. The Bertz CT molecular complexity index is 326. The second-order valence-corrected chi connectivity index (χ2v) is 3.23. The Morgan fingerprint density at radius 3 is 2.87 bits per heavy atom. The van der Waals surface area contributed by atoms with E-state index in [0.717, 1.165) is 6.42 Å². The first kappa shape index (κ1) is 11.5. The average molecular weight is 208 g/mol. The summed E-state index contributed by atoms with van der Waals surface area (Å²) in [6.45, 7) is 0.595. The minimum absolute atomic E-state index is 0.0371. The Balaban J connectivity index is 2.41. The van der Waals surface area contributed by atoms with Crippen LogP contribution in [0.15, 0.2) is 24.3 Å². The summed E-state index contributed by atoms with van der Waals surface area (Å²) < 4.78 is 4.86. The van der Waals surface area contributed by atoms with Crippen molar-refractivity contribution < 1.29 is 9.53 Å². The zero-order chi connectivity index (χ0) is 11.1.